The van der Waals surface area contributed by atoms with Crippen molar-refractivity contribution in [2.45, 2.75) is 39.5 Å². The van der Waals surface area contributed by atoms with Crippen molar-refractivity contribution in [3.63, 3.8) is 0 Å². The third kappa shape index (κ3) is 9.97. The third-order valence-electron chi connectivity index (χ3n) is 4.81. The average Bonchev–Trinajstić information content (AvgIpc) is 2.71. The summed E-state index contributed by atoms with van der Waals surface area (Å²) in [6, 6.07) is 7.79. The van der Waals surface area contributed by atoms with Gasteiger partial charge in [0, 0.05) is 57.9 Å². The molecule has 8 heteroatoms. The zero-order valence-corrected chi connectivity index (χ0v) is 20.8. The fourth-order valence-electron chi connectivity index (χ4n) is 3.34. The van der Waals surface area contributed by atoms with E-state index in [1.165, 1.54) is 6.42 Å². The topological polar surface area (TPSA) is 75.2 Å². The lowest BCUT2D eigenvalue weighted by atomic mass is 10.00. The van der Waals surface area contributed by atoms with Crippen LogP contribution in [0.2, 0.25) is 0 Å². The number of carbonyl (C=O) groups is 1. The van der Waals surface area contributed by atoms with Gasteiger partial charge in [-0.05, 0) is 37.8 Å². The van der Waals surface area contributed by atoms with Crippen molar-refractivity contribution < 1.29 is 14.3 Å². The summed E-state index contributed by atoms with van der Waals surface area (Å²) in [6.07, 6.45) is 3.60. The fraction of sp³-hybridized carbons (Fsp3) is 0.636. The monoisotopic (exact) mass is 532 g/mol. The van der Waals surface area contributed by atoms with Crippen LogP contribution in [0.15, 0.2) is 29.3 Å². The predicted molar refractivity (Wildman–Crippen MR) is 133 cm³/mol. The van der Waals surface area contributed by atoms with Crippen molar-refractivity contribution in [3.8, 4) is 5.75 Å². The molecular weight excluding hydrogens is 495 g/mol. The Morgan fingerprint density at radius 1 is 1.33 bits per heavy atom. The van der Waals surface area contributed by atoms with Gasteiger partial charge < -0.3 is 25.0 Å². The van der Waals surface area contributed by atoms with E-state index < -0.39 is 0 Å². The molecule has 1 unspecified atom stereocenters. The van der Waals surface area contributed by atoms with Crippen LogP contribution in [0, 0.1) is 5.92 Å². The van der Waals surface area contributed by atoms with Crippen LogP contribution in [-0.4, -0.2) is 63.3 Å². The third-order valence-corrected chi connectivity index (χ3v) is 4.81. The number of methoxy groups -OCH3 is 1. The summed E-state index contributed by atoms with van der Waals surface area (Å²) in [4.78, 5) is 19.0. The van der Waals surface area contributed by atoms with Gasteiger partial charge >= 0.3 is 0 Å². The summed E-state index contributed by atoms with van der Waals surface area (Å²) < 4.78 is 10.8. The molecule has 0 radical (unpaired) electrons. The van der Waals surface area contributed by atoms with E-state index >= 15 is 0 Å². The second kappa shape index (κ2) is 15.3. The molecule has 1 fully saturated rings. The van der Waals surface area contributed by atoms with Gasteiger partial charge in [0.15, 0.2) is 5.96 Å². The van der Waals surface area contributed by atoms with Crippen LogP contribution in [-0.2, 0) is 9.53 Å². The summed E-state index contributed by atoms with van der Waals surface area (Å²) in [7, 11) is 1.69. The van der Waals surface area contributed by atoms with E-state index in [1.807, 2.05) is 36.1 Å². The first-order valence-corrected chi connectivity index (χ1v) is 10.7. The van der Waals surface area contributed by atoms with E-state index in [1.54, 1.807) is 7.11 Å². The molecule has 0 saturated carbocycles. The van der Waals surface area contributed by atoms with Gasteiger partial charge in [-0.2, -0.15) is 0 Å². The van der Waals surface area contributed by atoms with E-state index in [4.69, 9.17) is 9.47 Å². The van der Waals surface area contributed by atoms with Gasteiger partial charge in [0.05, 0.1) is 13.2 Å². The normalized spacial score (nSPS) is 16.6. The number of guanidine groups is 1. The van der Waals surface area contributed by atoms with Gasteiger partial charge in [-0.25, -0.2) is 0 Å². The number of anilines is 1. The Labute approximate surface area is 198 Å². The number of amides is 1. The maximum Gasteiger partial charge on any atom is 0.224 e. The van der Waals surface area contributed by atoms with Crippen LogP contribution in [0.5, 0.6) is 5.75 Å². The molecule has 1 amide bonds. The molecule has 0 aromatic heterocycles. The largest absolute Gasteiger partial charge is 0.493 e. The van der Waals surface area contributed by atoms with E-state index in [0.29, 0.717) is 38.1 Å². The number of ether oxygens (including phenoxy) is 2. The van der Waals surface area contributed by atoms with Crippen LogP contribution in [0.3, 0.4) is 0 Å². The van der Waals surface area contributed by atoms with E-state index in [0.717, 1.165) is 43.9 Å². The second-order valence-corrected chi connectivity index (χ2v) is 7.45. The number of hydrogen-bond acceptors (Lipinski definition) is 4. The van der Waals surface area contributed by atoms with Crippen molar-refractivity contribution in [3.05, 3.63) is 24.3 Å². The standard InChI is InChI=1S/C22H36N4O3.HI/c1-4-23-22(24-12-11-21(27)26-13-6-8-18(2)17-26)25-19-9-5-10-20(16-19)29-15-7-14-28-3;/h5,9-10,16,18H,4,6-8,11-15,17H2,1-3H3,(H2,23,24,25);1H. The SMILES string of the molecule is CCNC(=NCCC(=O)N1CCCC(C)C1)Nc1cccc(OCCCOC)c1.I. The summed E-state index contributed by atoms with van der Waals surface area (Å²) in [6.45, 7) is 8.49. The molecule has 2 rings (SSSR count). The Morgan fingerprint density at radius 2 is 2.17 bits per heavy atom. The van der Waals surface area contributed by atoms with Crippen molar-refractivity contribution >= 4 is 41.5 Å². The van der Waals surface area contributed by atoms with E-state index in [9.17, 15) is 4.79 Å². The lowest BCUT2D eigenvalue weighted by molar-refractivity contribution is -0.132. The number of rotatable bonds is 10. The molecule has 0 aliphatic carbocycles. The van der Waals surface area contributed by atoms with E-state index in [-0.39, 0.29) is 29.9 Å². The molecule has 2 N–H and O–H groups in total. The highest BCUT2D eigenvalue weighted by molar-refractivity contribution is 14.0. The van der Waals surface area contributed by atoms with Crippen molar-refractivity contribution in [2.75, 3.05) is 51.8 Å². The molecule has 1 saturated heterocycles. The Balaban J connectivity index is 0.00000450. The van der Waals surface area contributed by atoms with Crippen LogP contribution in [0.4, 0.5) is 5.69 Å². The van der Waals surface area contributed by atoms with Gasteiger partial charge in [0.1, 0.15) is 5.75 Å². The van der Waals surface area contributed by atoms with Gasteiger partial charge in [0.25, 0.3) is 0 Å². The van der Waals surface area contributed by atoms with Crippen LogP contribution in [0.1, 0.15) is 39.5 Å². The van der Waals surface area contributed by atoms with Crippen molar-refractivity contribution in [1.29, 1.82) is 0 Å². The number of nitrogens with zero attached hydrogens (tertiary/aromatic N) is 2. The highest BCUT2D eigenvalue weighted by atomic mass is 127. The number of carbonyl (C=O) groups excluding carboxylic acids is 1. The Bertz CT molecular complexity index is 657. The summed E-state index contributed by atoms with van der Waals surface area (Å²) >= 11 is 0. The van der Waals surface area contributed by atoms with Gasteiger partial charge in [0.2, 0.25) is 5.91 Å². The first-order valence-electron chi connectivity index (χ1n) is 10.7. The first kappa shape index (κ1) is 26.5. The minimum atomic E-state index is 0. The number of halogens is 1. The fourth-order valence-corrected chi connectivity index (χ4v) is 3.34. The quantitative estimate of drug-likeness (QED) is 0.208. The van der Waals surface area contributed by atoms with Crippen molar-refractivity contribution in [1.82, 2.24) is 10.2 Å². The maximum absolute atomic E-state index is 12.4. The van der Waals surface area contributed by atoms with Crippen molar-refractivity contribution in [2.24, 2.45) is 10.9 Å². The molecule has 1 aromatic rings. The average molecular weight is 532 g/mol. The summed E-state index contributed by atoms with van der Waals surface area (Å²) in [5.41, 5.74) is 0.894. The lowest BCUT2D eigenvalue weighted by Crippen LogP contribution is -2.39. The molecule has 1 atom stereocenters. The number of aliphatic imine (C=N–C) groups is 1. The van der Waals surface area contributed by atoms with Crippen LogP contribution < -0.4 is 15.4 Å². The molecule has 7 nitrogen and oxygen atoms in total. The highest BCUT2D eigenvalue weighted by Crippen LogP contribution is 2.18. The predicted octanol–water partition coefficient (Wildman–Crippen LogP) is 3.75. The summed E-state index contributed by atoms with van der Waals surface area (Å²) in [5.74, 6) is 2.27. The lowest BCUT2D eigenvalue weighted by Gasteiger charge is -2.30. The zero-order chi connectivity index (χ0) is 20.9. The number of likely N-dealkylation sites (tertiary alicyclic amines) is 1. The number of piperidine rings is 1. The second-order valence-electron chi connectivity index (χ2n) is 7.45. The molecule has 1 aromatic carbocycles. The molecule has 1 aliphatic heterocycles. The highest BCUT2D eigenvalue weighted by Gasteiger charge is 2.20. The Kier molecular flexibility index (Phi) is 13.5. The molecule has 170 valence electrons. The van der Waals surface area contributed by atoms with Gasteiger partial charge in [-0.3, -0.25) is 9.79 Å². The Morgan fingerprint density at radius 3 is 2.90 bits per heavy atom. The number of benzene rings is 1. The van der Waals surface area contributed by atoms with Gasteiger partial charge in [-0.15, -0.1) is 24.0 Å². The number of hydrogen-bond donors (Lipinski definition) is 2. The summed E-state index contributed by atoms with van der Waals surface area (Å²) in [5, 5.41) is 6.52. The molecule has 1 heterocycles. The molecule has 1 aliphatic rings. The smallest absolute Gasteiger partial charge is 0.224 e. The van der Waals surface area contributed by atoms with Crippen LogP contribution >= 0.6 is 24.0 Å². The maximum atomic E-state index is 12.4. The van der Waals surface area contributed by atoms with E-state index in [2.05, 4.69) is 22.5 Å². The Hall–Kier alpha value is -1.55. The first-order chi connectivity index (χ1) is 14.1. The number of nitrogens with one attached hydrogen (secondary N) is 2. The zero-order valence-electron chi connectivity index (χ0n) is 18.5. The molecular formula is C22H37IN4O3. The molecule has 30 heavy (non-hydrogen) atoms. The minimum Gasteiger partial charge on any atom is -0.493 e. The molecule has 0 bridgehead atoms. The van der Waals surface area contributed by atoms with Crippen LogP contribution in [0.25, 0.3) is 0 Å². The molecule has 0 spiro atoms. The minimum absolute atomic E-state index is 0. The van der Waals surface area contributed by atoms with Gasteiger partial charge in [-0.1, -0.05) is 13.0 Å².